The zero-order chi connectivity index (χ0) is 20.2. The topological polar surface area (TPSA) is 80.5 Å². The minimum Gasteiger partial charge on any atom is -0.508 e. The van der Waals surface area contributed by atoms with E-state index in [0.717, 1.165) is 35.5 Å². The third-order valence-electron chi connectivity index (χ3n) is 5.04. The van der Waals surface area contributed by atoms with E-state index in [0.29, 0.717) is 31.9 Å². The SMILES string of the molecule is CCOC(=O)c1nn(Cc2ccccn2)c2c1CN(Cc1cccc(O)c1)CC2. The Balaban J connectivity index is 1.61. The highest BCUT2D eigenvalue weighted by Gasteiger charge is 2.29. The number of benzene rings is 1. The van der Waals surface area contributed by atoms with Crippen molar-refractivity contribution in [3.05, 3.63) is 76.9 Å². The molecule has 7 nitrogen and oxygen atoms in total. The van der Waals surface area contributed by atoms with E-state index in [2.05, 4.69) is 15.0 Å². The van der Waals surface area contributed by atoms with Gasteiger partial charge in [0, 0.05) is 43.5 Å². The van der Waals surface area contributed by atoms with Crippen LogP contribution in [0.1, 0.15) is 39.9 Å². The smallest absolute Gasteiger partial charge is 0.359 e. The molecule has 0 amide bonds. The summed E-state index contributed by atoms with van der Waals surface area (Å²) in [5.41, 5.74) is 4.30. The summed E-state index contributed by atoms with van der Waals surface area (Å²) in [5.74, 6) is -0.127. The Morgan fingerprint density at radius 3 is 2.86 bits per heavy atom. The van der Waals surface area contributed by atoms with Crippen LogP contribution in [0, 0.1) is 0 Å². The van der Waals surface area contributed by atoms with Crippen molar-refractivity contribution in [2.24, 2.45) is 0 Å². The molecule has 1 aliphatic rings. The molecular formula is C22H24N4O3. The summed E-state index contributed by atoms with van der Waals surface area (Å²) < 4.78 is 7.13. The number of phenolic OH excluding ortho intramolecular Hbond substituents is 1. The molecule has 150 valence electrons. The normalized spacial score (nSPS) is 13.8. The van der Waals surface area contributed by atoms with E-state index in [4.69, 9.17) is 4.74 Å². The van der Waals surface area contributed by atoms with Gasteiger partial charge in [0.2, 0.25) is 0 Å². The highest BCUT2D eigenvalue weighted by molar-refractivity contribution is 5.89. The van der Waals surface area contributed by atoms with Crippen LogP contribution in [-0.2, 0) is 30.8 Å². The molecular weight excluding hydrogens is 368 g/mol. The number of aromatic hydroxyl groups is 1. The van der Waals surface area contributed by atoms with Crippen LogP contribution in [0.2, 0.25) is 0 Å². The van der Waals surface area contributed by atoms with E-state index in [1.807, 2.05) is 35.0 Å². The summed E-state index contributed by atoms with van der Waals surface area (Å²) in [6.07, 6.45) is 2.54. The lowest BCUT2D eigenvalue weighted by molar-refractivity contribution is 0.0515. The van der Waals surface area contributed by atoms with Crippen molar-refractivity contribution in [1.29, 1.82) is 0 Å². The zero-order valence-corrected chi connectivity index (χ0v) is 16.4. The molecule has 0 unspecified atom stereocenters. The van der Waals surface area contributed by atoms with Gasteiger partial charge >= 0.3 is 5.97 Å². The fourth-order valence-electron chi connectivity index (χ4n) is 3.73. The number of nitrogens with zero attached hydrogens (tertiary/aromatic N) is 4. The standard InChI is InChI=1S/C22H24N4O3/c1-2-29-22(28)21-19-15-25(13-16-6-5-8-18(27)12-16)11-9-20(19)26(24-21)14-17-7-3-4-10-23-17/h3-8,10,12,27H,2,9,11,13-15H2,1H3. The highest BCUT2D eigenvalue weighted by Crippen LogP contribution is 2.26. The summed E-state index contributed by atoms with van der Waals surface area (Å²) in [4.78, 5) is 19.2. The summed E-state index contributed by atoms with van der Waals surface area (Å²) in [6, 6.07) is 13.0. The maximum atomic E-state index is 12.5. The maximum Gasteiger partial charge on any atom is 0.359 e. The third kappa shape index (κ3) is 4.30. The Morgan fingerprint density at radius 1 is 1.21 bits per heavy atom. The van der Waals surface area contributed by atoms with Crippen LogP contribution < -0.4 is 0 Å². The number of aromatic nitrogens is 3. The molecule has 3 heterocycles. The average molecular weight is 392 g/mol. The monoisotopic (exact) mass is 392 g/mol. The maximum absolute atomic E-state index is 12.5. The molecule has 1 aromatic carbocycles. The molecule has 0 radical (unpaired) electrons. The highest BCUT2D eigenvalue weighted by atomic mass is 16.5. The van der Waals surface area contributed by atoms with E-state index in [1.165, 1.54) is 0 Å². The number of hydrogen-bond acceptors (Lipinski definition) is 6. The second-order valence-corrected chi connectivity index (χ2v) is 7.10. The van der Waals surface area contributed by atoms with Crippen molar-refractivity contribution >= 4 is 5.97 Å². The van der Waals surface area contributed by atoms with Gasteiger partial charge < -0.3 is 9.84 Å². The molecule has 7 heteroatoms. The Labute approximate surface area is 169 Å². The van der Waals surface area contributed by atoms with Gasteiger partial charge in [0.05, 0.1) is 18.8 Å². The Bertz CT molecular complexity index is 1000. The van der Waals surface area contributed by atoms with Crippen molar-refractivity contribution in [3.8, 4) is 5.75 Å². The quantitative estimate of drug-likeness (QED) is 0.650. The molecule has 29 heavy (non-hydrogen) atoms. The van der Waals surface area contributed by atoms with Gasteiger partial charge in [0.1, 0.15) is 5.75 Å². The molecule has 0 atom stereocenters. The van der Waals surface area contributed by atoms with E-state index in [1.54, 1.807) is 25.3 Å². The number of ether oxygens (including phenoxy) is 1. The molecule has 1 aliphatic heterocycles. The summed E-state index contributed by atoms with van der Waals surface area (Å²) >= 11 is 0. The van der Waals surface area contributed by atoms with Gasteiger partial charge in [-0.05, 0) is 36.8 Å². The number of esters is 1. The summed E-state index contributed by atoms with van der Waals surface area (Å²) in [5, 5.41) is 14.3. The Morgan fingerprint density at radius 2 is 2.10 bits per heavy atom. The van der Waals surface area contributed by atoms with Crippen LogP contribution in [0.3, 0.4) is 0 Å². The summed E-state index contributed by atoms with van der Waals surface area (Å²) in [7, 11) is 0. The first kappa shape index (κ1) is 19.1. The van der Waals surface area contributed by atoms with Crippen LogP contribution in [0.5, 0.6) is 5.75 Å². The second-order valence-electron chi connectivity index (χ2n) is 7.10. The van der Waals surface area contributed by atoms with Crippen molar-refractivity contribution < 1.29 is 14.6 Å². The fourth-order valence-corrected chi connectivity index (χ4v) is 3.73. The third-order valence-corrected chi connectivity index (χ3v) is 5.04. The minimum absolute atomic E-state index is 0.260. The van der Waals surface area contributed by atoms with E-state index in [-0.39, 0.29) is 11.7 Å². The first-order valence-electron chi connectivity index (χ1n) is 9.80. The van der Waals surface area contributed by atoms with Crippen LogP contribution in [0.25, 0.3) is 0 Å². The van der Waals surface area contributed by atoms with Gasteiger partial charge in [-0.2, -0.15) is 5.10 Å². The van der Waals surface area contributed by atoms with Crippen molar-refractivity contribution in [1.82, 2.24) is 19.7 Å². The number of pyridine rings is 1. The van der Waals surface area contributed by atoms with Gasteiger partial charge in [-0.1, -0.05) is 18.2 Å². The molecule has 3 aromatic rings. The number of rotatable bonds is 6. The number of carbonyl (C=O) groups is 1. The number of fused-ring (bicyclic) bond motifs is 1. The fraction of sp³-hybridized carbons (Fsp3) is 0.318. The lowest BCUT2D eigenvalue weighted by Gasteiger charge is -2.27. The molecule has 0 saturated carbocycles. The van der Waals surface area contributed by atoms with Crippen LogP contribution >= 0.6 is 0 Å². The van der Waals surface area contributed by atoms with Crippen LogP contribution in [0.4, 0.5) is 0 Å². The molecule has 0 saturated heterocycles. The molecule has 0 spiro atoms. The average Bonchev–Trinajstić information content (AvgIpc) is 3.07. The molecule has 2 aromatic heterocycles. The van der Waals surface area contributed by atoms with Gasteiger partial charge in [0.15, 0.2) is 5.69 Å². The summed E-state index contributed by atoms with van der Waals surface area (Å²) in [6.45, 7) is 4.79. The predicted octanol–water partition coefficient (Wildman–Crippen LogP) is 2.77. The van der Waals surface area contributed by atoms with Gasteiger partial charge in [-0.25, -0.2) is 4.79 Å². The molecule has 0 fully saturated rings. The number of hydrogen-bond donors (Lipinski definition) is 1. The zero-order valence-electron chi connectivity index (χ0n) is 16.4. The van der Waals surface area contributed by atoms with Gasteiger partial charge in [0.25, 0.3) is 0 Å². The first-order valence-corrected chi connectivity index (χ1v) is 9.80. The predicted molar refractivity (Wildman–Crippen MR) is 107 cm³/mol. The lowest BCUT2D eigenvalue weighted by atomic mass is 10.0. The first-order chi connectivity index (χ1) is 14.1. The number of carbonyl (C=O) groups excluding carboxylic acids is 1. The second kappa shape index (κ2) is 8.45. The van der Waals surface area contributed by atoms with Crippen LogP contribution in [-0.4, -0.2) is 43.9 Å². The van der Waals surface area contributed by atoms with Crippen molar-refractivity contribution in [2.45, 2.75) is 33.0 Å². The van der Waals surface area contributed by atoms with E-state index in [9.17, 15) is 9.90 Å². The lowest BCUT2D eigenvalue weighted by Crippen LogP contribution is -2.31. The largest absolute Gasteiger partial charge is 0.508 e. The van der Waals surface area contributed by atoms with Crippen LogP contribution in [0.15, 0.2) is 48.7 Å². The Hall–Kier alpha value is -3.19. The molecule has 4 rings (SSSR count). The minimum atomic E-state index is -0.386. The number of phenols is 1. The van der Waals surface area contributed by atoms with Gasteiger partial charge in [-0.15, -0.1) is 0 Å². The van der Waals surface area contributed by atoms with E-state index < -0.39 is 0 Å². The van der Waals surface area contributed by atoms with E-state index >= 15 is 0 Å². The molecule has 1 N–H and O–H groups in total. The Kier molecular flexibility index (Phi) is 5.57. The molecule has 0 aliphatic carbocycles. The van der Waals surface area contributed by atoms with Crippen molar-refractivity contribution in [3.63, 3.8) is 0 Å². The van der Waals surface area contributed by atoms with Gasteiger partial charge in [-0.3, -0.25) is 14.6 Å². The van der Waals surface area contributed by atoms with Crippen molar-refractivity contribution in [2.75, 3.05) is 13.2 Å². The molecule has 0 bridgehead atoms.